The zero-order valence-corrected chi connectivity index (χ0v) is 14.9. The number of aryl methyl sites for hydroxylation is 1. The first kappa shape index (κ1) is 18.7. The second-order valence-electron chi connectivity index (χ2n) is 6.46. The number of halogens is 4. The highest BCUT2D eigenvalue weighted by atomic mass is 35.5. The topological polar surface area (TPSA) is 54.8 Å². The van der Waals surface area contributed by atoms with Gasteiger partial charge in [0, 0.05) is 36.5 Å². The molecule has 26 heavy (non-hydrogen) atoms. The first-order valence-electron chi connectivity index (χ1n) is 8.00. The van der Waals surface area contributed by atoms with Crippen LogP contribution in [0.1, 0.15) is 18.1 Å². The summed E-state index contributed by atoms with van der Waals surface area (Å²) in [5, 5.41) is 0.427. The number of amides is 1. The van der Waals surface area contributed by atoms with Gasteiger partial charge in [0.05, 0.1) is 5.92 Å². The summed E-state index contributed by atoms with van der Waals surface area (Å²) in [6.45, 7) is 2.76. The van der Waals surface area contributed by atoms with Crippen molar-refractivity contribution >= 4 is 22.7 Å². The van der Waals surface area contributed by atoms with Gasteiger partial charge in [-0.25, -0.2) is 9.98 Å². The highest BCUT2D eigenvalue weighted by molar-refractivity contribution is 6.66. The molecule has 140 valence electrons. The molecule has 0 aromatic carbocycles. The molecule has 2 unspecified atom stereocenters. The summed E-state index contributed by atoms with van der Waals surface area (Å²) < 4.78 is 41.4. The Hall–Kier alpha value is -2.09. The number of carbonyl (C=O) groups is 1. The molecule has 2 atom stereocenters. The van der Waals surface area contributed by atoms with Gasteiger partial charge in [-0.1, -0.05) is 11.6 Å². The van der Waals surface area contributed by atoms with E-state index in [0.29, 0.717) is 29.4 Å². The molecule has 5 nitrogen and oxygen atoms in total. The molecule has 9 heteroatoms. The van der Waals surface area contributed by atoms with Crippen molar-refractivity contribution in [1.82, 2.24) is 9.88 Å². The lowest BCUT2D eigenvalue weighted by Crippen LogP contribution is -2.26. The van der Waals surface area contributed by atoms with Crippen molar-refractivity contribution in [2.24, 2.45) is 16.8 Å². The molecule has 0 N–H and O–H groups in total. The third-order valence-corrected chi connectivity index (χ3v) is 4.65. The van der Waals surface area contributed by atoms with Crippen molar-refractivity contribution in [1.29, 1.82) is 0 Å². The lowest BCUT2D eigenvalue weighted by molar-refractivity contribution is -0.154. The standard InChI is InChI=1S/C17H17ClF3N3O2/c1-9-3-11(5-22-15(9)26-8-17(19,20)21)6-24-7-13-12(16(24)25)4-10(2)23-14(13)18/h3-5,12-13H,6-8H2,1-2H3. The van der Waals surface area contributed by atoms with E-state index in [1.165, 1.54) is 6.20 Å². The average Bonchev–Trinajstić information content (AvgIpc) is 2.83. The van der Waals surface area contributed by atoms with Crippen LogP contribution in [0.3, 0.4) is 0 Å². The molecule has 0 aliphatic carbocycles. The fraction of sp³-hybridized carbons (Fsp3) is 0.471. The van der Waals surface area contributed by atoms with Crippen LogP contribution in [-0.4, -0.2) is 40.3 Å². The number of alkyl halides is 3. The SMILES string of the molecule is CC1=CC2C(=O)N(Cc3cnc(OCC(F)(F)F)c(C)c3)CC2C(Cl)=N1. The third-order valence-electron chi connectivity index (χ3n) is 4.29. The molecule has 0 spiro atoms. The summed E-state index contributed by atoms with van der Waals surface area (Å²) in [5.74, 6) is -0.585. The van der Waals surface area contributed by atoms with Gasteiger partial charge in [-0.2, -0.15) is 13.2 Å². The Bertz CT molecular complexity index is 792. The molecule has 3 rings (SSSR count). The first-order chi connectivity index (χ1) is 12.1. The van der Waals surface area contributed by atoms with Crippen molar-refractivity contribution in [3.63, 3.8) is 0 Å². The molecule has 2 aliphatic rings. The van der Waals surface area contributed by atoms with E-state index in [1.807, 2.05) is 6.08 Å². The molecule has 0 radical (unpaired) electrons. The number of aromatic nitrogens is 1. The molecular formula is C17H17ClF3N3O2. The predicted octanol–water partition coefficient (Wildman–Crippen LogP) is 3.46. The van der Waals surface area contributed by atoms with Crippen LogP contribution < -0.4 is 4.74 Å². The Labute approximate surface area is 153 Å². The van der Waals surface area contributed by atoms with Crippen molar-refractivity contribution < 1.29 is 22.7 Å². The number of pyridine rings is 1. The largest absolute Gasteiger partial charge is 0.468 e. The number of aliphatic imine (C=N–C) groups is 1. The minimum atomic E-state index is -4.42. The first-order valence-corrected chi connectivity index (χ1v) is 8.38. The summed E-state index contributed by atoms with van der Waals surface area (Å²) in [5.41, 5.74) is 1.91. The van der Waals surface area contributed by atoms with Gasteiger partial charge in [0.2, 0.25) is 11.8 Å². The third kappa shape index (κ3) is 4.00. The van der Waals surface area contributed by atoms with Crippen molar-refractivity contribution in [3.05, 3.63) is 35.2 Å². The quantitative estimate of drug-likeness (QED) is 0.795. The lowest BCUT2D eigenvalue weighted by atomic mass is 9.93. The second kappa shape index (κ2) is 6.90. The Balaban J connectivity index is 1.69. The van der Waals surface area contributed by atoms with E-state index in [4.69, 9.17) is 16.3 Å². The molecule has 1 amide bonds. The van der Waals surface area contributed by atoms with Gasteiger partial charge in [-0.3, -0.25) is 4.79 Å². The number of likely N-dealkylation sites (tertiary alicyclic amines) is 1. The number of hydrogen-bond acceptors (Lipinski definition) is 4. The predicted molar refractivity (Wildman–Crippen MR) is 90.0 cm³/mol. The fourth-order valence-electron chi connectivity index (χ4n) is 3.15. The minimum absolute atomic E-state index is 0.0440. The van der Waals surface area contributed by atoms with Gasteiger partial charge >= 0.3 is 6.18 Å². The summed E-state index contributed by atoms with van der Waals surface area (Å²) >= 11 is 6.17. The van der Waals surface area contributed by atoms with E-state index < -0.39 is 12.8 Å². The maximum absolute atomic E-state index is 12.6. The van der Waals surface area contributed by atoms with E-state index in [2.05, 4.69) is 9.98 Å². The lowest BCUT2D eigenvalue weighted by Gasteiger charge is -2.17. The highest BCUT2D eigenvalue weighted by Crippen LogP contribution is 2.34. The van der Waals surface area contributed by atoms with Crippen molar-refractivity contribution in [2.75, 3.05) is 13.2 Å². The molecule has 1 saturated heterocycles. The van der Waals surface area contributed by atoms with Gasteiger partial charge in [0.25, 0.3) is 0 Å². The summed E-state index contributed by atoms with van der Waals surface area (Å²) in [6.07, 6.45) is -1.18. The molecular weight excluding hydrogens is 371 g/mol. The molecule has 1 aromatic rings. The Morgan fingerprint density at radius 3 is 2.77 bits per heavy atom. The zero-order valence-electron chi connectivity index (χ0n) is 14.2. The summed E-state index contributed by atoms with van der Waals surface area (Å²) in [4.78, 5) is 22.4. The van der Waals surface area contributed by atoms with Crippen LogP contribution in [0.25, 0.3) is 0 Å². The van der Waals surface area contributed by atoms with E-state index >= 15 is 0 Å². The van der Waals surface area contributed by atoms with Gasteiger partial charge in [0.1, 0.15) is 5.17 Å². The van der Waals surface area contributed by atoms with E-state index in [0.717, 1.165) is 5.70 Å². The fourth-order valence-corrected chi connectivity index (χ4v) is 3.49. The zero-order chi connectivity index (χ0) is 19.1. The van der Waals surface area contributed by atoms with Crippen molar-refractivity contribution in [2.45, 2.75) is 26.6 Å². The number of carbonyl (C=O) groups excluding carboxylic acids is 1. The Morgan fingerprint density at radius 1 is 1.38 bits per heavy atom. The van der Waals surface area contributed by atoms with Crippen LogP contribution in [0, 0.1) is 18.8 Å². The molecule has 3 heterocycles. The van der Waals surface area contributed by atoms with Gasteiger partial charge in [0.15, 0.2) is 6.61 Å². The Morgan fingerprint density at radius 2 is 2.12 bits per heavy atom. The normalized spacial score (nSPS) is 22.8. The number of ether oxygens (including phenoxy) is 1. The smallest absolute Gasteiger partial charge is 0.422 e. The van der Waals surface area contributed by atoms with Gasteiger partial charge in [-0.05, 0) is 31.6 Å². The Kier molecular flexibility index (Phi) is 4.96. The van der Waals surface area contributed by atoms with Gasteiger partial charge < -0.3 is 9.64 Å². The minimum Gasteiger partial charge on any atom is -0.468 e. The van der Waals surface area contributed by atoms with Crippen LogP contribution in [0.5, 0.6) is 5.88 Å². The van der Waals surface area contributed by atoms with Crippen LogP contribution in [-0.2, 0) is 11.3 Å². The second-order valence-corrected chi connectivity index (χ2v) is 6.85. The number of fused-ring (bicyclic) bond motifs is 1. The van der Waals surface area contributed by atoms with Crippen LogP contribution in [0.2, 0.25) is 0 Å². The molecule has 1 fully saturated rings. The number of nitrogens with zero attached hydrogens (tertiary/aromatic N) is 3. The summed E-state index contributed by atoms with van der Waals surface area (Å²) in [6, 6.07) is 1.67. The van der Waals surface area contributed by atoms with E-state index in [-0.39, 0.29) is 23.6 Å². The average molecular weight is 388 g/mol. The maximum Gasteiger partial charge on any atom is 0.422 e. The molecule has 2 aliphatic heterocycles. The van der Waals surface area contributed by atoms with E-state index in [9.17, 15) is 18.0 Å². The van der Waals surface area contributed by atoms with Crippen LogP contribution in [0.15, 0.2) is 29.0 Å². The molecule has 0 bridgehead atoms. The maximum atomic E-state index is 12.6. The monoisotopic (exact) mass is 387 g/mol. The van der Waals surface area contributed by atoms with Crippen molar-refractivity contribution in [3.8, 4) is 5.88 Å². The highest BCUT2D eigenvalue weighted by Gasteiger charge is 2.42. The summed E-state index contributed by atoms with van der Waals surface area (Å²) in [7, 11) is 0. The van der Waals surface area contributed by atoms with Crippen LogP contribution in [0.4, 0.5) is 13.2 Å². The molecule has 0 saturated carbocycles. The molecule has 1 aromatic heterocycles. The number of allylic oxidation sites excluding steroid dienone is 1. The number of hydrogen-bond donors (Lipinski definition) is 0. The van der Waals surface area contributed by atoms with E-state index in [1.54, 1.807) is 24.8 Å². The van der Waals surface area contributed by atoms with Crippen LogP contribution >= 0.6 is 11.6 Å². The van der Waals surface area contributed by atoms with Gasteiger partial charge in [-0.15, -0.1) is 0 Å². The number of rotatable bonds is 4.